The smallest absolute Gasteiger partial charge is 0.326 e. The molecule has 2 rings (SSSR count). The second kappa shape index (κ2) is 17.4. The van der Waals surface area contributed by atoms with E-state index in [9.17, 15) is 34.2 Å². The largest absolute Gasteiger partial charge is 0.508 e. The van der Waals surface area contributed by atoms with Crippen molar-refractivity contribution in [3.8, 4) is 5.75 Å². The number of aromatic hydroxyl groups is 1. The number of phenols is 1. The molecule has 2 aromatic carbocycles. The minimum atomic E-state index is -1.51. The molecule has 0 spiro atoms. The molecule has 42 heavy (non-hydrogen) atoms. The number of rotatable bonds is 18. The third kappa shape index (κ3) is 11.9. The molecule has 0 fully saturated rings. The van der Waals surface area contributed by atoms with Crippen LogP contribution in [0.1, 0.15) is 43.2 Å². The lowest BCUT2D eigenvalue weighted by Gasteiger charge is -2.25. The Hall–Kier alpha value is -4.49. The van der Waals surface area contributed by atoms with Gasteiger partial charge in [0.2, 0.25) is 17.7 Å². The van der Waals surface area contributed by atoms with E-state index in [1.54, 1.807) is 30.3 Å². The van der Waals surface area contributed by atoms with Crippen molar-refractivity contribution in [1.29, 1.82) is 0 Å². The summed E-state index contributed by atoms with van der Waals surface area (Å²) in [5.74, 6) is -4.81. The maximum Gasteiger partial charge on any atom is 0.326 e. The maximum absolute atomic E-state index is 13.6. The lowest BCUT2D eigenvalue weighted by molar-refractivity contribution is -0.143. The summed E-state index contributed by atoms with van der Waals surface area (Å²) < 4.78 is 0. The summed E-state index contributed by atoms with van der Waals surface area (Å²) in [5, 5.41) is 35.7. The molecule has 0 radical (unpaired) electrons. The van der Waals surface area contributed by atoms with Crippen molar-refractivity contribution in [3.05, 3.63) is 65.7 Å². The Kier molecular flexibility index (Phi) is 13.9. The van der Waals surface area contributed by atoms with Crippen molar-refractivity contribution in [2.24, 2.45) is 11.5 Å². The van der Waals surface area contributed by atoms with Crippen LogP contribution >= 0.6 is 0 Å². The van der Waals surface area contributed by atoms with Gasteiger partial charge in [0.15, 0.2) is 0 Å². The first kappa shape index (κ1) is 33.7. The second-order valence-electron chi connectivity index (χ2n) is 9.91. The molecule has 0 saturated heterocycles. The number of benzene rings is 2. The molecule has 4 atom stereocenters. The minimum absolute atomic E-state index is 0.0168. The van der Waals surface area contributed by atoms with Gasteiger partial charge in [-0.1, -0.05) is 48.9 Å². The van der Waals surface area contributed by atoms with Crippen molar-refractivity contribution in [3.63, 3.8) is 0 Å². The van der Waals surface area contributed by atoms with E-state index in [1.807, 2.05) is 0 Å². The van der Waals surface area contributed by atoms with E-state index in [1.165, 1.54) is 24.3 Å². The quantitative estimate of drug-likeness (QED) is 0.109. The van der Waals surface area contributed by atoms with Crippen molar-refractivity contribution < 1.29 is 39.3 Å². The van der Waals surface area contributed by atoms with Crippen molar-refractivity contribution in [1.82, 2.24) is 16.0 Å². The molecule has 10 N–H and O–H groups in total. The van der Waals surface area contributed by atoms with Crippen molar-refractivity contribution in [2.75, 3.05) is 6.54 Å². The zero-order valence-corrected chi connectivity index (χ0v) is 23.2. The van der Waals surface area contributed by atoms with Gasteiger partial charge >= 0.3 is 11.9 Å². The first-order valence-electron chi connectivity index (χ1n) is 13.6. The standard InChI is InChI=1S/C29H39N5O8/c30-15-5-4-8-21(31)26(38)33-23(16-18-6-2-1-3-7-18)28(40)34-24(17-19-9-11-20(35)12-10-19)27(39)32-22(29(41)42)13-14-25(36)37/h1-3,6-7,9-12,21-24,35H,4-5,8,13-17,30-31H2,(H,32,39)(H,33,38)(H,34,40)(H,36,37)(H,41,42). The third-order valence-corrected chi connectivity index (χ3v) is 6.49. The number of unbranched alkanes of at least 4 members (excludes halogenated alkanes) is 1. The van der Waals surface area contributed by atoms with Gasteiger partial charge in [-0.15, -0.1) is 0 Å². The summed E-state index contributed by atoms with van der Waals surface area (Å²) in [6.45, 7) is 0.455. The predicted octanol–water partition coefficient (Wildman–Crippen LogP) is 0.0375. The van der Waals surface area contributed by atoms with Crippen molar-refractivity contribution >= 4 is 29.7 Å². The number of carboxylic acids is 2. The molecule has 2 aromatic rings. The van der Waals surface area contributed by atoms with Crippen LogP contribution in [0, 0.1) is 0 Å². The van der Waals surface area contributed by atoms with Crippen LogP contribution in [0.25, 0.3) is 0 Å². The van der Waals surface area contributed by atoms with Gasteiger partial charge in [-0.2, -0.15) is 0 Å². The van der Waals surface area contributed by atoms with Gasteiger partial charge in [-0.05, 0) is 49.1 Å². The molecule has 0 aliphatic heterocycles. The Morgan fingerprint density at radius 2 is 1.21 bits per heavy atom. The van der Waals surface area contributed by atoms with Crippen LogP contribution in [0.5, 0.6) is 5.75 Å². The number of carbonyl (C=O) groups excluding carboxylic acids is 3. The molecule has 0 bridgehead atoms. The molecule has 0 aromatic heterocycles. The van der Waals surface area contributed by atoms with E-state index < -0.39 is 60.2 Å². The number of nitrogens with two attached hydrogens (primary N) is 2. The summed E-state index contributed by atoms with van der Waals surface area (Å²) in [6.07, 6.45) is 0.802. The van der Waals surface area contributed by atoms with E-state index in [2.05, 4.69) is 16.0 Å². The summed E-state index contributed by atoms with van der Waals surface area (Å²) >= 11 is 0. The van der Waals surface area contributed by atoms with Crippen molar-refractivity contribution in [2.45, 2.75) is 69.1 Å². The number of amides is 3. The van der Waals surface area contributed by atoms with Gasteiger partial charge < -0.3 is 42.7 Å². The van der Waals surface area contributed by atoms with Crippen LogP contribution in [0.4, 0.5) is 0 Å². The van der Waals surface area contributed by atoms with Crippen LogP contribution in [0.15, 0.2) is 54.6 Å². The number of hydrogen-bond acceptors (Lipinski definition) is 8. The zero-order valence-electron chi connectivity index (χ0n) is 23.2. The highest BCUT2D eigenvalue weighted by Gasteiger charge is 2.31. The highest BCUT2D eigenvalue weighted by molar-refractivity contribution is 5.94. The Morgan fingerprint density at radius 3 is 1.74 bits per heavy atom. The summed E-state index contributed by atoms with van der Waals surface area (Å²) in [6, 6.07) is 9.91. The van der Waals surface area contributed by atoms with Crippen LogP contribution in [-0.4, -0.2) is 75.7 Å². The first-order chi connectivity index (χ1) is 20.0. The molecule has 3 amide bonds. The Bertz CT molecular complexity index is 1190. The molecule has 13 nitrogen and oxygen atoms in total. The SMILES string of the molecule is NCCCCC(N)C(=O)NC(Cc1ccccc1)C(=O)NC(Cc1ccc(O)cc1)C(=O)NC(CCC(=O)O)C(=O)O. The zero-order chi connectivity index (χ0) is 31.1. The molecule has 0 heterocycles. The average molecular weight is 586 g/mol. The van der Waals surface area contributed by atoms with Crippen LogP contribution in [0.3, 0.4) is 0 Å². The van der Waals surface area contributed by atoms with Gasteiger partial charge in [-0.3, -0.25) is 19.2 Å². The fraction of sp³-hybridized carbons (Fsp3) is 0.414. The normalized spacial score (nSPS) is 13.7. The molecular weight excluding hydrogens is 546 g/mol. The van der Waals surface area contributed by atoms with E-state index >= 15 is 0 Å². The third-order valence-electron chi connectivity index (χ3n) is 6.49. The van der Waals surface area contributed by atoms with E-state index in [-0.39, 0.29) is 25.0 Å². The fourth-order valence-electron chi connectivity index (χ4n) is 4.12. The Labute approximate surface area is 243 Å². The number of carboxylic acid groups (broad SMARTS) is 2. The lowest BCUT2D eigenvalue weighted by Crippen LogP contribution is -2.58. The van der Waals surface area contributed by atoms with Gasteiger partial charge in [0.1, 0.15) is 23.9 Å². The molecule has 228 valence electrons. The van der Waals surface area contributed by atoms with Gasteiger partial charge in [-0.25, -0.2) is 4.79 Å². The Morgan fingerprint density at radius 1 is 0.690 bits per heavy atom. The first-order valence-corrected chi connectivity index (χ1v) is 13.6. The number of hydrogen-bond donors (Lipinski definition) is 8. The Balaban J connectivity index is 2.29. The molecule has 0 saturated carbocycles. The number of phenolic OH excluding ortho intramolecular Hbond substituents is 1. The van der Waals surface area contributed by atoms with E-state index in [0.29, 0.717) is 31.4 Å². The molecule has 13 heteroatoms. The van der Waals surface area contributed by atoms with E-state index in [0.717, 1.165) is 5.56 Å². The predicted molar refractivity (Wildman–Crippen MR) is 153 cm³/mol. The lowest BCUT2D eigenvalue weighted by atomic mass is 10.0. The fourth-order valence-corrected chi connectivity index (χ4v) is 4.12. The van der Waals surface area contributed by atoms with Gasteiger partial charge in [0.25, 0.3) is 0 Å². The summed E-state index contributed by atoms with van der Waals surface area (Å²) in [4.78, 5) is 62.3. The van der Waals surface area contributed by atoms with E-state index in [4.69, 9.17) is 16.6 Å². The number of nitrogens with one attached hydrogen (secondary N) is 3. The van der Waals surface area contributed by atoms with Gasteiger partial charge in [0.05, 0.1) is 6.04 Å². The molecule has 0 aliphatic rings. The van der Waals surface area contributed by atoms with Crippen LogP contribution in [-0.2, 0) is 36.8 Å². The highest BCUT2D eigenvalue weighted by atomic mass is 16.4. The highest BCUT2D eigenvalue weighted by Crippen LogP contribution is 2.13. The average Bonchev–Trinajstić information content (AvgIpc) is 2.95. The molecule has 0 aliphatic carbocycles. The number of carbonyl (C=O) groups is 5. The summed E-state index contributed by atoms with van der Waals surface area (Å²) in [7, 11) is 0. The summed E-state index contributed by atoms with van der Waals surface area (Å²) in [5.41, 5.74) is 12.8. The maximum atomic E-state index is 13.6. The van der Waals surface area contributed by atoms with Crippen LogP contribution < -0.4 is 27.4 Å². The molecule has 4 unspecified atom stereocenters. The minimum Gasteiger partial charge on any atom is -0.508 e. The molecular formula is C29H39N5O8. The second-order valence-corrected chi connectivity index (χ2v) is 9.91. The topological polar surface area (TPSA) is 234 Å². The monoisotopic (exact) mass is 585 g/mol. The number of aliphatic carboxylic acids is 2. The van der Waals surface area contributed by atoms with Gasteiger partial charge in [0, 0.05) is 19.3 Å². The van der Waals surface area contributed by atoms with Crippen LogP contribution in [0.2, 0.25) is 0 Å².